The molecule has 0 radical (unpaired) electrons. The number of fused-ring (bicyclic) bond motifs is 1. The quantitative estimate of drug-likeness (QED) is 0.214. The molecule has 8 heteroatoms. The molecular formula is C33H30N4O4. The summed E-state index contributed by atoms with van der Waals surface area (Å²) in [5.41, 5.74) is 6.22. The molecule has 3 aromatic carbocycles. The number of nitrogens with zero attached hydrogens (tertiary/aromatic N) is 4. The summed E-state index contributed by atoms with van der Waals surface area (Å²) in [6.07, 6.45) is 3.71. The van der Waals surface area contributed by atoms with E-state index in [0.717, 1.165) is 28.8 Å². The molecule has 8 nitrogen and oxygen atoms in total. The van der Waals surface area contributed by atoms with Crippen LogP contribution in [0.1, 0.15) is 42.7 Å². The summed E-state index contributed by atoms with van der Waals surface area (Å²) in [5.74, 6) is 0.0625. The number of esters is 1. The van der Waals surface area contributed by atoms with Crippen molar-refractivity contribution >= 4 is 11.6 Å². The zero-order chi connectivity index (χ0) is 28.8. The number of aromatic nitrogens is 3. The lowest BCUT2D eigenvalue weighted by molar-refractivity contribution is -0.145. The van der Waals surface area contributed by atoms with E-state index in [-0.39, 0.29) is 12.2 Å². The van der Waals surface area contributed by atoms with Crippen molar-refractivity contribution in [2.24, 2.45) is 0 Å². The topological polar surface area (TPSA) is 98.6 Å². The number of hydrogen-bond donors (Lipinski definition) is 0. The van der Waals surface area contributed by atoms with Crippen molar-refractivity contribution in [3.05, 3.63) is 118 Å². The first-order valence-corrected chi connectivity index (χ1v) is 13.6. The molecule has 5 aromatic rings. The average molecular weight is 547 g/mol. The van der Waals surface area contributed by atoms with Crippen LogP contribution in [0.2, 0.25) is 0 Å². The minimum absolute atomic E-state index is 0.111. The van der Waals surface area contributed by atoms with Gasteiger partial charge in [-0.15, -0.1) is 0 Å². The van der Waals surface area contributed by atoms with Gasteiger partial charge in [0.2, 0.25) is 0 Å². The molecule has 0 aliphatic carbocycles. The Kier molecular flexibility index (Phi) is 8.26. The lowest BCUT2D eigenvalue weighted by Crippen LogP contribution is -2.28. The molecule has 2 aromatic heterocycles. The van der Waals surface area contributed by atoms with E-state index in [4.69, 9.17) is 9.47 Å². The van der Waals surface area contributed by atoms with Gasteiger partial charge in [-0.1, -0.05) is 55.8 Å². The smallest absolute Gasteiger partial charge is 0.344 e. The average Bonchev–Trinajstić information content (AvgIpc) is 3.48. The Morgan fingerprint density at radius 3 is 2.44 bits per heavy atom. The van der Waals surface area contributed by atoms with Crippen molar-refractivity contribution in [1.82, 2.24) is 14.2 Å². The number of benzene rings is 3. The molecule has 2 heterocycles. The number of carbonyl (C=O) groups is 1. The molecule has 0 saturated heterocycles. The third-order valence-corrected chi connectivity index (χ3v) is 6.85. The van der Waals surface area contributed by atoms with Crippen LogP contribution in [0.15, 0.2) is 89.9 Å². The fraction of sp³-hybridized carbons (Fsp3) is 0.212. The fourth-order valence-electron chi connectivity index (χ4n) is 4.96. The van der Waals surface area contributed by atoms with Crippen LogP contribution >= 0.6 is 0 Å². The molecular weight excluding hydrogens is 516 g/mol. The number of ether oxygens (including phenoxy) is 2. The summed E-state index contributed by atoms with van der Waals surface area (Å²) in [6, 6.07) is 26.6. The van der Waals surface area contributed by atoms with E-state index in [1.54, 1.807) is 48.0 Å². The first kappa shape index (κ1) is 27.4. The highest BCUT2D eigenvalue weighted by molar-refractivity contribution is 5.71. The number of hydrogen-bond acceptors (Lipinski definition) is 6. The molecule has 0 amide bonds. The molecule has 0 aliphatic heterocycles. The van der Waals surface area contributed by atoms with Gasteiger partial charge in [-0.05, 0) is 60.4 Å². The molecule has 0 aliphatic rings. The summed E-state index contributed by atoms with van der Waals surface area (Å²) in [7, 11) is 0. The van der Waals surface area contributed by atoms with Gasteiger partial charge in [-0.3, -0.25) is 9.36 Å². The Morgan fingerprint density at radius 2 is 1.73 bits per heavy atom. The first-order chi connectivity index (χ1) is 20.0. The Labute approximate surface area is 238 Å². The van der Waals surface area contributed by atoms with Crippen molar-refractivity contribution in [1.29, 1.82) is 5.26 Å². The fourth-order valence-corrected chi connectivity index (χ4v) is 4.96. The highest BCUT2D eigenvalue weighted by Gasteiger charge is 2.19. The van der Waals surface area contributed by atoms with Crippen LogP contribution in [0.25, 0.3) is 22.5 Å². The second-order valence-electron chi connectivity index (χ2n) is 9.54. The van der Waals surface area contributed by atoms with Gasteiger partial charge in [-0.25, -0.2) is 9.31 Å². The molecule has 5 rings (SSSR count). The third kappa shape index (κ3) is 5.75. The summed E-state index contributed by atoms with van der Waals surface area (Å²) in [5, 5.41) is 14.1. The summed E-state index contributed by atoms with van der Waals surface area (Å²) in [4.78, 5) is 25.8. The van der Waals surface area contributed by atoms with Crippen LogP contribution in [0, 0.1) is 11.3 Å². The van der Waals surface area contributed by atoms with Crippen LogP contribution in [-0.4, -0.2) is 33.4 Å². The maximum atomic E-state index is 14.1. The van der Waals surface area contributed by atoms with Gasteiger partial charge in [0, 0.05) is 18.1 Å². The van der Waals surface area contributed by atoms with E-state index in [1.807, 2.05) is 53.0 Å². The van der Waals surface area contributed by atoms with Crippen molar-refractivity contribution < 1.29 is 14.3 Å². The lowest BCUT2D eigenvalue weighted by Gasteiger charge is -2.17. The minimum Gasteiger partial charge on any atom is -0.482 e. The van der Waals surface area contributed by atoms with Gasteiger partial charge in [0.15, 0.2) is 6.61 Å². The van der Waals surface area contributed by atoms with Gasteiger partial charge in [-0.2, -0.15) is 10.4 Å². The summed E-state index contributed by atoms with van der Waals surface area (Å²) < 4.78 is 13.9. The zero-order valence-corrected chi connectivity index (χ0v) is 23.0. The Balaban J connectivity index is 1.51. The highest BCUT2D eigenvalue weighted by Crippen LogP contribution is 2.25. The molecule has 0 unspecified atom stereocenters. The van der Waals surface area contributed by atoms with E-state index in [0.29, 0.717) is 47.7 Å². The van der Waals surface area contributed by atoms with Crippen LogP contribution in [0.4, 0.5) is 0 Å². The summed E-state index contributed by atoms with van der Waals surface area (Å²) in [6.45, 7) is 3.94. The standard InChI is InChI=1S/C33H30N4O4/c1-3-7-30-29(20-23-10-12-24(13-11-23)28-9-6-5-8-25(28)21-34)33(39)36(31-18-19-35-37(30)31)26-14-16-27(17-15-26)41-22-32(38)40-4-2/h5-6,8-19H,3-4,7,20,22H2,1-2H3. The zero-order valence-electron chi connectivity index (χ0n) is 23.0. The van der Waals surface area contributed by atoms with Crippen LogP contribution in [0.3, 0.4) is 0 Å². The second-order valence-corrected chi connectivity index (χ2v) is 9.54. The van der Waals surface area contributed by atoms with Crippen molar-refractivity contribution in [2.75, 3.05) is 13.2 Å². The number of rotatable bonds is 10. The van der Waals surface area contributed by atoms with Crippen molar-refractivity contribution in [2.45, 2.75) is 33.1 Å². The maximum Gasteiger partial charge on any atom is 0.344 e. The Hall–Kier alpha value is -5.16. The highest BCUT2D eigenvalue weighted by atomic mass is 16.6. The number of aryl methyl sites for hydroxylation is 1. The minimum atomic E-state index is -0.438. The van der Waals surface area contributed by atoms with Crippen molar-refractivity contribution in [3.8, 4) is 28.6 Å². The van der Waals surface area contributed by atoms with E-state index >= 15 is 0 Å². The SMILES string of the molecule is CCCc1c(Cc2ccc(-c3ccccc3C#N)cc2)c(=O)n(-c2ccc(OCC(=O)OCC)cc2)c2ccnn12. The second kappa shape index (κ2) is 12.3. The monoisotopic (exact) mass is 546 g/mol. The number of nitriles is 1. The van der Waals surface area contributed by atoms with E-state index < -0.39 is 5.97 Å². The first-order valence-electron chi connectivity index (χ1n) is 13.6. The molecule has 0 bridgehead atoms. The van der Waals surface area contributed by atoms with E-state index in [9.17, 15) is 14.9 Å². The molecule has 0 atom stereocenters. The van der Waals surface area contributed by atoms with Crippen LogP contribution in [-0.2, 0) is 22.4 Å². The van der Waals surface area contributed by atoms with E-state index in [1.165, 1.54) is 0 Å². The molecule has 41 heavy (non-hydrogen) atoms. The van der Waals surface area contributed by atoms with Gasteiger partial charge >= 0.3 is 5.97 Å². The van der Waals surface area contributed by atoms with Gasteiger partial charge in [0.25, 0.3) is 5.56 Å². The lowest BCUT2D eigenvalue weighted by atomic mass is 9.97. The number of carbonyl (C=O) groups excluding carboxylic acids is 1. The maximum absolute atomic E-state index is 14.1. The molecule has 0 N–H and O–H groups in total. The summed E-state index contributed by atoms with van der Waals surface area (Å²) >= 11 is 0. The Morgan fingerprint density at radius 1 is 0.976 bits per heavy atom. The molecule has 0 spiro atoms. The van der Waals surface area contributed by atoms with Crippen LogP contribution in [0.5, 0.6) is 5.75 Å². The predicted molar refractivity (Wildman–Crippen MR) is 156 cm³/mol. The largest absolute Gasteiger partial charge is 0.482 e. The van der Waals surface area contributed by atoms with Gasteiger partial charge < -0.3 is 9.47 Å². The Bertz CT molecular complexity index is 1780. The third-order valence-electron chi connectivity index (χ3n) is 6.85. The van der Waals surface area contributed by atoms with Crippen molar-refractivity contribution in [3.63, 3.8) is 0 Å². The predicted octanol–water partition coefficient (Wildman–Crippen LogP) is 5.51. The molecule has 0 saturated carbocycles. The normalized spacial score (nSPS) is 10.9. The molecule has 0 fully saturated rings. The molecule has 206 valence electrons. The van der Waals surface area contributed by atoms with E-state index in [2.05, 4.69) is 18.1 Å². The van der Waals surface area contributed by atoms with Gasteiger partial charge in [0.1, 0.15) is 11.4 Å². The van der Waals surface area contributed by atoms with Crippen LogP contribution < -0.4 is 10.3 Å². The van der Waals surface area contributed by atoms with Gasteiger partial charge in [0.05, 0.1) is 35.8 Å².